The molecule has 2 heteroatoms. The van der Waals surface area contributed by atoms with Gasteiger partial charge in [-0.15, -0.1) is 0 Å². The summed E-state index contributed by atoms with van der Waals surface area (Å²) in [5, 5.41) is 0. The number of nitrogens with two attached hydrogens (primary N) is 1. The van der Waals surface area contributed by atoms with E-state index in [-0.39, 0.29) is 11.5 Å². The van der Waals surface area contributed by atoms with Crippen LogP contribution in [0.2, 0.25) is 0 Å². The first-order chi connectivity index (χ1) is 9.36. The van der Waals surface area contributed by atoms with E-state index in [0.29, 0.717) is 6.04 Å². The molecule has 2 atom stereocenters. The first-order valence-electron chi connectivity index (χ1n) is 7.86. The molecule has 20 heavy (non-hydrogen) atoms. The van der Waals surface area contributed by atoms with Gasteiger partial charge in [-0.25, -0.2) is 0 Å². The van der Waals surface area contributed by atoms with Gasteiger partial charge in [-0.1, -0.05) is 58.0 Å². The van der Waals surface area contributed by atoms with Crippen LogP contribution < -0.4 is 5.73 Å². The predicted octanol–water partition coefficient (Wildman–Crippen LogP) is 3.70. The molecule has 114 valence electrons. The highest BCUT2D eigenvalue weighted by atomic mass is 15.2. The van der Waals surface area contributed by atoms with Gasteiger partial charge >= 0.3 is 0 Å². The average Bonchev–Trinajstić information content (AvgIpc) is 2.38. The fourth-order valence-corrected chi connectivity index (χ4v) is 3.17. The SMILES string of the molecule is CCC(N)C(N(C)CCCc1ccccc1)C(C)(C)C. The lowest BCUT2D eigenvalue weighted by Gasteiger charge is -2.41. The molecule has 0 heterocycles. The van der Waals surface area contributed by atoms with Crippen molar-refractivity contribution in [2.24, 2.45) is 11.1 Å². The van der Waals surface area contributed by atoms with E-state index in [1.807, 2.05) is 0 Å². The highest BCUT2D eigenvalue weighted by molar-refractivity contribution is 5.14. The van der Waals surface area contributed by atoms with Gasteiger partial charge in [0.1, 0.15) is 0 Å². The van der Waals surface area contributed by atoms with Crippen molar-refractivity contribution in [3.8, 4) is 0 Å². The smallest absolute Gasteiger partial charge is 0.0292 e. The van der Waals surface area contributed by atoms with E-state index in [1.54, 1.807) is 0 Å². The second kappa shape index (κ2) is 7.80. The summed E-state index contributed by atoms with van der Waals surface area (Å²) in [6, 6.07) is 11.4. The Morgan fingerprint density at radius 1 is 1.15 bits per heavy atom. The van der Waals surface area contributed by atoms with E-state index in [0.717, 1.165) is 19.4 Å². The zero-order valence-corrected chi connectivity index (χ0v) is 13.9. The van der Waals surface area contributed by atoms with Gasteiger partial charge in [0.15, 0.2) is 0 Å². The summed E-state index contributed by atoms with van der Waals surface area (Å²) >= 11 is 0. The Kier molecular flexibility index (Phi) is 6.70. The molecule has 0 bridgehead atoms. The maximum Gasteiger partial charge on any atom is 0.0292 e. The van der Waals surface area contributed by atoms with E-state index >= 15 is 0 Å². The Labute approximate surface area is 125 Å². The van der Waals surface area contributed by atoms with Crippen LogP contribution in [0, 0.1) is 5.41 Å². The number of nitrogens with zero attached hydrogens (tertiary/aromatic N) is 1. The van der Waals surface area contributed by atoms with E-state index < -0.39 is 0 Å². The van der Waals surface area contributed by atoms with E-state index in [1.165, 1.54) is 12.0 Å². The lowest BCUT2D eigenvalue weighted by molar-refractivity contribution is 0.0989. The normalized spacial score (nSPS) is 15.3. The lowest BCUT2D eigenvalue weighted by atomic mass is 9.80. The van der Waals surface area contributed by atoms with Gasteiger partial charge in [-0.05, 0) is 43.8 Å². The van der Waals surface area contributed by atoms with Crippen LogP contribution in [0.3, 0.4) is 0 Å². The van der Waals surface area contributed by atoms with Crippen LogP contribution in [0.5, 0.6) is 0 Å². The maximum atomic E-state index is 6.35. The third-order valence-electron chi connectivity index (χ3n) is 4.06. The predicted molar refractivity (Wildman–Crippen MR) is 88.9 cm³/mol. The van der Waals surface area contributed by atoms with Crippen LogP contribution in [0.4, 0.5) is 0 Å². The second-order valence-corrected chi connectivity index (χ2v) is 6.95. The number of aryl methyl sites for hydroxylation is 1. The second-order valence-electron chi connectivity index (χ2n) is 6.95. The van der Waals surface area contributed by atoms with Crippen LogP contribution in [0.25, 0.3) is 0 Å². The Balaban J connectivity index is 2.52. The van der Waals surface area contributed by atoms with Gasteiger partial charge in [0.25, 0.3) is 0 Å². The minimum absolute atomic E-state index is 0.219. The summed E-state index contributed by atoms with van der Waals surface area (Å²) in [6.07, 6.45) is 3.36. The summed E-state index contributed by atoms with van der Waals surface area (Å²) in [5.41, 5.74) is 7.99. The molecule has 0 spiro atoms. The number of likely N-dealkylation sites (N-methyl/N-ethyl adjacent to an activating group) is 1. The third-order valence-corrected chi connectivity index (χ3v) is 4.06. The molecule has 1 aromatic carbocycles. The van der Waals surface area contributed by atoms with Crippen molar-refractivity contribution >= 4 is 0 Å². The first-order valence-corrected chi connectivity index (χ1v) is 7.86. The zero-order chi connectivity index (χ0) is 15.2. The Morgan fingerprint density at radius 2 is 1.75 bits per heavy atom. The molecule has 2 N–H and O–H groups in total. The van der Waals surface area contributed by atoms with Gasteiger partial charge in [-0.3, -0.25) is 0 Å². The average molecular weight is 276 g/mol. The van der Waals surface area contributed by atoms with Crippen molar-refractivity contribution in [1.82, 2.24) is 4.90 Å². The maximum absolute atomic E-state index is 6.35. The number of rotatable bonds is 7. The molecule has 0 radical (unpaired) electrons. The van der Waals surface area contributed by atoms with Crippen molar-refractivity contribution in [3.05, 3.63) is 35.9 Å². The Morgan fingerprint density at radius 3 is 2.25 bits per heavy atom. The van der Waals surface area contributed by atoms with Gasteiger partial charge in [0.2, 0.25) is 0 Å². The van der Waals surface area contributed by atoms with Crippen LogP contribution in [-0.4, -0.2) is 30.6 Å². The fourth-order valence-electron chi connectivity index (χ4n) is 3.17. The van der Waals surface area contributed by atoms with Crippen molar-refractivity contribution in [2.45, 2.75) is 59.0 Å². The van der Waals surface area contributed by atoms with Crippen molar-refractivity contribution < 1.29 is 0 Å². The highest BCUT2D eigenvalue weighted by Gasteiger charge is 2.32. The van der Waals surface area contributed by atoms with Crippen molar-refractivity contribution in [1.29, 1.82) is 0 Å². The summed E-state index contributed by atoms with van der Waals surface area (Å²) in [6.45, 7) is 10.2. The van der Waals surface area contributed by atoms with E-state index in [2.05, 4.69) is 70.0 Å². The molecule has 2 unspecified atom stereocenters. The van der Waals surface area contributed by atoms with E-state index in [4.69, 9.17) is 5.73 Å². The Hall–Kier alpha value is -0.860. The molecule has 0 aromatic heterocycles. The summed E-state index contributed by atoms with van der Waals surface area (Å²) < 4.78 is 0. The molecule has 1 rings (SSSR count). The van der Waals surface area contributed by atoms with Gasteiger partial charge in [0, 0.05) is 12.1 Å². The molecule has 0 saturated carbocycles. The molecule has 0 saturated heterocycles. The summed E-state index contributed by atoms with van der Waals surface area (Å²) in [4.78, 5) is 2.46. The Bertz CT molecular complexity index is 367. The van der Waals surface area contributed by atoms with Gasteiger partial charge in [0.05, 0.1) is 0 Å². The molecule has 0 aliphatic heterocycles. The molecule has 2 nitrogen and oxygen atoms in total. The van der Waals surface area contributed by atoms with Gasteiger partial charge < -0.3 is 10.6 Å². The van der Waals surface area contributed by atoms with Crippen LogP contribution >= 0.6 is 0 Å². The van der Waals surface area contributed by atoms with Crippen LogP contribution in [-0.2, 0) is 6.42 Å². The van der Waals surface area contributed by atoms with E-state index in [9.17, 15) is 0 Å². The zero-order valence-electron chi connectivity index (χ0n) is 13.9. The molecular formula is C18H32N2. The standard InChI is InChI=1S/C18H32N2/c1-6-16(19)17(18(2,3)4)20(5)14-10-13-15-11-8-7-9-12-15/h7-9,11-12,16-17H,6,10,13-14,19H2,1-5H3. The van der Waals surface area contributed by atoms with Crippen LogP contribution in [0.1, 0.15) is 46.1 Å². The minimum atomic E-state index is 0.219. The molecule has 0 amide bonds. The molecular weight excluding hydrogens is 244 g/mol. The first kappa shape index (κ1) is 17.2. The summed E-state index contributed by atoms with van der Waals surface area (Å²) in [5.74, 6) is 0. The lowest BCUT2D eigenvalue weighted by Crippen LogP contribution is -2.53. The molecule has 0 aliphatic rings. The molecule has 0 fully saturated rings. The highest BCUT2D eigenvalue weighted by Crippen LogP contribution is 2.27. The van der Waals surface area contributed by atoms with Gasteiger partial charge in [-0.2, -0.15) is 0 Å². The molecule has 0 aliphatic carbocycles. The monoisotopic (exact) mass is 276 g/mol. The fraction of sp³-hybridized carbons (Fsp3) is 0.667. The topological polar surface area (TPSA) is 29.3 Å². The number of hydrogen-bond donors (Lipinski definition) is 1. The van der Waals surface area contributed by atoms with Crippen LogP contribution in [0.15, 0.2) is 30.3 Å². The number of hydrogen-bond acceptors (Lipinski definition) is 2. The van der Waals surface area contributed by atoms with Crippen molar-refractivity contribution in [2.75, 3.05) is 13.6 Å². The quantitative estimate of drug-likeness (QED) is 0.822. The summed E-state index contributed by atoms with van der Waals surface area (Å²) in [7, 11) is 2.22. The third kappa shape index (κ3) is 5.26. The largest absolute Gasteiger partial charge is 0.326 e. The number of benzene rings is 1. The van der Waals surface area contributed by atoms with Crippen molar-refractivity contribution in [3.63, 3.8) is 0 Å². The minimum Gasteiger partial charge on any atom is -0.326 e. The molecule has 1 aromatic rings.